The molecule has 39 heavy (non-hydrogen) atoms. The Hall–Kier alpha value is -3.14. The highest BCUT2D eigenvalue weighted by molar-refractivity contribution is 6.06. The van der Waals surface area contributed by atoms with Gasteiger partial charge in [0.05, 0.1) is 24.9 Å². The van der Waals surface area contributed by atoms with E-state index in [0.717, 1.165) is 22.2 Å². The minimum Gasteiger partial charge on any atom is -0.496 e. The lowest BCUT2D eigenvalue weighted by atomic mass is 9.90. The molecule has 2 heterocycles. The molecule has 1 saturated heterocycles. The Bertz CT molecular complexity index is 1320. The number of fused-ring (bicyclic) bond motifs is 1. The van der Waals surface area contributed by atoms with Crippen LogP contribution in [0.5, 0.6) is 0 Å². The molecule has 1 aliphatic carbocycles. The average molecular weight is 547 g/mol. The summed E-state index contributed by atoms with van der Waals surface area (Å²) < 4.78 is 45.9. The molecular weight excluding hydrogens is 509 g/mol. The summed E-state index contributed by atoms with van der Waals surface area (Å²) in [7, 11) is 3.35. The first kappa shape index (κ1) is 28.9. The molecule has 2 aromatic rings. The van der Waals surface area contributed by atoms with E-state index in [0.29, 0.717) is 61.3 Å². The maximum atomic E-state index is 13.6. The van der Waals surface area contributed by atoms with E-state index in [-0.39, 0.29) is 30.4 Å². The second-order valence-corrected chi connectivity index (χ2v) is 10.6. The first-order chi connectivity index (χ1) is 18.4. The molecule has 0 amide bonds. The van der Waals surface area contributed by atoms with Crippen molar-refractivity contribution in [3.05, 3.63) is 46.4 Å². The quantitative estimate of drug-likeness (QED) is 0.386. The van der Waals surface area contributed by atoms with Gasteiger partial charge in [-0.25, -0.2) is 0 Å². The van der Waals surface area contributed by atoms with E-state index in [4.69, 9.17) is 4.74 Å². The van der Waals surface area contributed by atoms with Crippen LogP contribution in [0.2, 0.25) is 0 Å². The number of hydrogen-bond donors (Lipinski definition) is 0. The van der Waals surface area contributed by atoms with Crippen LogP contribution in [-0.2, 0) is 16.6 Å². The molecule has 0 bridgehead atoms. The van der Waals surface area contributed by atoms with Gasteiger partial charge in [0.1, 0.15) is 5.76 Å². The average Bonchev–Trinajstić information content (AvgIpc) is 3.24. The van der Waals surface area contributed by atoms with Gasteiger partial charge in [0.25, 0.3) is 0 Å². The Morgan fingerprint density at radius 1 is 1.23 bits per heavy atom. The van der Waals surface area contributed by atoms with E-state index >= 15 is 0 Å². The Morgan fingerprint density at radius 3 is 2.54 bits per heavy atom. The summed E-state index contributed by atoms with van der Waals surface area (Å²) in [5, 5.41) is 5.50. The predicted octanol–water partition coefficient (Wildman–Crippen LogP) is 5.52. The molecule has 0 unspecified atom stereocenters. The zero-order valence-electron chi connectivity index (χ0n) is 23.3. The normalized spacial score (nSPS) is 17.6. The number of allylic oxidation sites excluding steroid dienone is 3. The van der Waals surface area contributed by atoms with Gasteiger partial charge in [0.2, 0.25) is 0 Å². The second kappa shape index (κ2) is 11.5. The van der Waals surface area contributed by atoms with Crippen LogP contribution < -0.4 is 4.90 Å². The lowest BCUT2D eigenvalue weighted by molar-refractivity contribution is -0.147. The predicted molar refractivity (Wildman–Crippen MR) is 145 cm³/mol. The highest BCUT2D eigenvalue weighted by atomic mass is 19.4. The zero-order chi connectivity index (χ0) is 28.5. The minimum absolute atomic E-state index is 0.0220. The zero-order valence-corrected chi connectivity index (χ0v) is 23.3. The Morgan fingerprint density at radius 2 is 1.92 bits per heavy atom. The molecule has 0 N–H and O–H groups in total. The Kier molecular flexibility index (Phi) is 8.54. The van der Waals surface area contributed by atoms with Crippen LogP contribution >= 0.6 is 0 Å². The van der Waals surface area contributed by atoms with Crippen molar-refractivity contribution in [2.24, 2.45) is 7.05 Å². The molecule has 1 aromatic heterocycles. The number of methoxy groups -OCH3 is 1. The highest BCUT2D eigenvalue weighted by Gasteiger charge is 2.34. The number of nitrogens with zero attached hydrogens (tertiary/aromatic N) is 4. The minimum atomic E-state index is -4.21. The number of carbonyl (C=O) groups is 2. The Labute approximate surface area is 227 Å². The molecule has 1 aromatic carbocycles. The van der Waals surface area contributed by atoms with Crippen LogP contribution in [-0.4, -0.2) is 71.8 Å². The summed E-state index contributed by atoms with van der Waals surface area (Å²) >= 11 is 0. The number of halogens is 3. The van der Waals surface area contributed by atoms with E-state index in [1.165, 1.54) is 12.0 Å². The summed E-state index contributed by atoms with van der Waals surface area (Å²) in [5.41, 5.74) is 4.44. The number of likely N-dealkylation sites (tertiary alicyclic amines) is 1. The summed E-state index contributed by atoms with van der Waals surface area (Å²) in [4.78, 5) is 29.9. The number of ether oxygens (including phenoxy) is 1. The van der Waals surface area contributed by atoms with Crippen LogP contribution in [0.1, 0.15) is 61.9 Å². The number of anilines is 1. The molecule has 10 heteroatoms. The maximum absolute atomic E-state index is 13.6. The van der Waals surface area contributed by atoms with Gasteiger partial charge in [-0.15, -0.1) is 0 Å². The standard InChI is InChI=1S/C29H37F3N4O3/c1-6-36(20-9-11-35(12-10-20)17-29(30,31)32)28-19(3)22(15-24-23(28)16-34(4)33-24)25(37)8-7-21-26(38)13-18(2)14-27(21)39-5/h14-16,20H,6-13,17H2,1-5H3. The number of ketones is 2. The first-order valence-electron chi connectivity index (χ1n) is 13.4. The molecule has 2 aliphatic rings. The number of hydrogen-bond acceptors (Lipinski definition) is 6. The van der Waals surface area contributed by atoms with Crippen LogP contribution in [0.25, 0.3) is 10.9 Å². The highest BCUT2D eigenvalue weighted by Crippen LogP contribution is 2.37. The lowest BCUT2D eigenvalue weighted by Crippen LogP contribution is -2.47. The molecule has 0 atom stereocenters. The van der Waals surface area contributed by atoms with Gasteiger partial charge in [0.15, 0.2) is 11.6 Å². The van der Waals surface area contributed by atoms with Crippen molar-refractivity contribution >= 4 is 28.2 Å². The molecule has 1 fully saturated rings. The fraction of sp³-hybridized carbons (Fsp3) is 0.552. The largest absolute Gasteiger partial charge is 0.496 e. The van der Waals surface area contributed by atoms with E-state index < -0.39 is 12.7 Å². The number of Topliss-reactive ketones (excluding diaryl/α,β-unsaturated/α-hetero) is 2. The molecule has 212 valence electrons. The van der Waals surface area contributed by atoms with E-state index in [9.17, 15) is 22.8 Å². The number of benzene rings is 1. The van der Waals surface area contributed by atoms with Crippen molar-refractivity contribution in [3.63, 3.8) is 0 Å². The van der Waals surface area contributed by atoms with Gasteiger partial charge in [-0.05, 0) is 57.7 Å². The summed E-state index contributed by atoms with van der Waals surface area (Å²) in [6, 6.07) is 1.87. The third-order valence-corrected chi connectivity index (χ3v) is 7.75. The topological polar surface area (TPSA) is 67.7 Å². The van der Waals surface area contributed by atoms with Gasteiger partial charge in [-0.1, -0.05) is 5.57 Å². The summed E-state index contributed by atoms with van der Waals surface area (Å²) in [6.07, 6.45) is 1.55. The number of aromatic nitrogens is 2. The number of carbonyl (C=O) groups excluding carboxylic acids is 2. The van der Waals surface area contributed by atoms with Gasteiger partial charge >= 0.3 is 6.18 Å². The van der Waals surface area contributed by atoms with Crippen molar-refractivity contribution in [1.82, 2.24) is 14.7 Å². The van der Waals surface area contributed by atoms with Gasteiger partial charge in [-0.3, -0.25) is 19.2 Å². The second-order valence-electron chi connectivity index (χ2n) is 10.6. The van der Waals surface area contributed by atoms with Crippen molar-refractivity contribution in [2.45, 2.75) is 65.1 Å². The van der Waals surface area contributed by atoms with Crippen LogP contribution in [0.15, 0.2) is 35.2 Å². The number of alkyl halides is 3. The third-order valence-electron chi connectivity index (χ3n) is 7.75. The van der Waals surface area contributed by atoms with Crippen molar-refractivity contribution < 1.29 is 27.5 Å². The third kappa shape index (κ3) is 6.37. The first-order valence-corrected chi connectivity index (χ1v) is 13.4. The lowest BCUT2D eigenvalue weighted by Gasteiger charge is -2.40. The molecular formula is C29H37F3N4O3. The monoisotopic (exact) mass is 546 g/mol. The van der Waals surface area contributed by atoms with E-state index in [1.54, 1.807) is 4.68 Å². The van der Waals surface area contributed by atoms with Crippen molar-refractivity contribution in [2.75, 3.05) is 38.2 Å². The Balaban J connectivity index is 1.62. The number of aryl methyl sites for hydroxylation is 1. The van der Waals surface area contributed by atoms with Crippen LogP contribution in [0.4, 0.5) is 18.9 Å². The van der Waals surface area contributed by atoms with Crippen LogP contribution in [0.3, 0.4) is 0 Å². The van der Waals surface area contributed by atoms with Crippen molar-refractivity contribution in [1.29, 1.82) is 0 Å². The molecule has 0 radical (unpaired) electrons. The van der Waals surface area contributed by atoms with Gasteiger partial charge < -0.3 is 9.64 Å². The van der Waals surface area contributed by atoms with Gasteiger partial charge in [-0.2, -0.15) is 18.3 Å². The maximum Gasteiger partial charge on any atom is 0.401 e. The molecule has 4 rings (SSSR count). The smallest absolute Gasteiger partial charge is 0.401 e. The fourth-order valence-electron chi connectivity index (χ4n) is 5.95. The molecule has 0 saturated carbocycles. The molecule has 1 aliphatic heterocycles. The number of rotatable bonds is 9. The molecule has 0 spiro atoms. The molecule has 7 nitrogen and oxygen atoms in total. The van der Waals surface area contributed by atoms with Crippen LogP contribution in [0, 0.1) is 6.92 Å². The van der Waals surface area contributed by atoms with Gasteiger partial charge in [0, 0.05) is 68.3 Å². The number of piperidine rings is 1. The van der Waals surface area contributed by atoms with Crippen molar-refractivity contribution in [3.8, 4) is 0 Å². The van der Waals surface area contributed by atoms with E-state index in [1.807, 2.05) is 46.2 Å². The summed E-state index contributed by atoms with van der Waals surface area (Å²) in [5.74, 6) is 0.411. The summed E-state index contributed by atoms with van der Waals surface area (Å²) in [6.45, 7) is 6.33. The SMILES string of the molecule is CCN(c1c(C)c(C(=O)CCC2=C(OC)C=C(C)CC2=O)cc2nn(C)cc12)C1CCN(CC(F)(F)F)CC1. The fourth-order valence-corrected chi connectivity index (χ4v) is 5.95. The van der Waals surface area contributed by atoms with E-state index in [2.05, 4.69) is 10.00 Å².